The maximum atomic E-state index is 8.72. The highest BCUT2D eigenvalue weighted by molar-refractivity contribution is 5.48. The van der Waals surface area contributed by atoms with Crippen LogP contribution in [0.3, 0.4) is 0 Å². The summed E-state index contributed by atoms with van der Waals surface area (Å²) in [7, 11) is 2.12. The lowest BCUT2D eigenvalue weighted by Crippen LogP contribution is -2.73. The van der Waals surface area contributed by atoms with Crippen molar-refractivity contribution >= 4 is 5.82 Å². The molecule has 1 heterocycles. The average Bonchev–Trinajstić information content (AvgIpc) is 2.23. The molecule has 3 saturated carbocycles. The number of hydrogen-bond donors (Lipinski definition) is 0. The third-order valence-electron chi connectivity index (χ3n) is 4.20. The van der Waals surface area contributed by atoms with Gasteiger partial charge in [0.1, 0.15) is 11.9 Å². The number of nitrogens with zero attached hydrogens (tertiary/aromatic N) is 3. The molecule has 3 fully saturated rings. The molecule has 0 amide bonds. The van der Waals surface area contributed by atoms with Crippen molar-refractivity contribution in [1.82, 2.24) is 4.98 Å². The molecular formula is C13H15N3. The fourth-order valence-corrected chi connectivity index (χ4v) is 3.48. The molecule has 0 unspecified atom stereocenters. The lowest BCUT2D eigenvalue weighted by Gasteiger charge is -2.72. The third kappa shape index (κ3) is 1.10. The molecule has 0 saturated heterocycles. The first-order chi connectivity index (χ1) is 7.57. The molecule has 1 aromatic heterocycles. The minimum atomic E-state index is 0.371. The van der Waals surface area contributed by atoms with Crippen molar-refractivity contribution in [3.8, 4) is 6.07 Å². The molecular weight excluding hydrogens is 198 g/mol. The van der Waals surface area contributed by atoms with E-state index in [1.165, 1.54) is 19.3 Å². The van der Waals surface area contributed by atoms with E-state index in [0.29, 0.717) is 16.5 Å². The van der Waals surface area contributed by atoms with Crippen LogP contribution in [0.1, 0.15) is 31.7 Å². The highest BCUT2D eigenvalue weighted by Gasteiger charge is 2.67. The Morgan fingerprint density at radius 2 is 2.06 bits per heavy atom. The van der Waals surface area contributed by atoms with Crippen molar-refractivity contribution < 1.29 is 0 Å². The number of anilines is 1. The highest BCUT2D eigenvalue weighted by Crippen LogP contribution is 2.69. The zero-order valence-corrected chi connectivity index (χ0v) is 9.70. The van der Waals surface area contributed by atoms with E-state index in [0.717, 1.165) is 5.82 Å². The van der Waals surface area contributed by atoms with Crippen LogP contribution in [-0.4, -0.2) is 17.6 Å². The normalized spacial score (nSPS) is 34.6. The van der Waals surface area contributed by atoms with E-state index in [2.05, 4.69) is 29.9 Å². The van der Waals surface area contributed by atoms with Gasteiger partial charge < -0.3 is 4.90 Å². The van der Waals surface area contributed by atoms with Gasteiger partial charge in [-0.3, -0.25) is 0 Å². The van der Waals surface area contributed by atoms with Crippen LogP contribution in [0.2, 0.25) is 0 Å². The molecule has 3 aliphatic rings. The Balaban J connectivity index is 1.80. The van der Waals surface area contributed by atoms with Crippen molar-refractivity contribution in [3.05, 3.63) is 23.9 Å². The summed E-state index contributed by atoms with van der Waals surface area (Å²) in [4.78, 5) is 6.64. The maximum absolute atomic E-state index is 8.72. The molecule has 3 nitrogen and oxygen atoms in total. The van der Waals surface area contributed by atoms with E-state index in [1.54, 1.807) is 6.20 Å². The van der Waals surface area contributed by atoms with Gasteiger partial charge in [-0.1, -0.05) is 6.92 Å². The van der Waals surface area contributed by atoms with E-state index in [1.807, 2.05) is 12.1 Å². The van der Waals surface area contributed by atoms with Gasteiger partial charge in [0.15, 0.2) is 0 Å². The van der Waals surface area contributed by atoms with Crippen molar-refractivity contribution in [2.75, 3.05) is 11.9 Å². The molecule has 1 aromatic rings. The fraction of sp³-hybridized carbons (Fsp3) is 0.538. The largest absolute Gasteiger partial charge is 0.354 e. The van der Waals surface area contributed by atoms with Gasteiger partial charge in [-0.15, -0.1) is 0 Å². The van der Waals surface area contributed by atoms with Gasteiger partial charge in [0.2, 0.25) is 0 Å². The maximum Gasteiger partial charge on any atom is 0.128 e. The number of nitriles is 1. The van der Waals surface area contributed by atoms with Gasteiger partial charge in [-0.2, -0.15) is 5.26 Å². The van der Waals surface area contributed by atoms with Crippen LogP contribution in [0.4, 0.5) is 5.82 Å². The monoisotopic (exact) mass is 213 g/mol. The minimum absolute atomic E-state index is 0.371. The van der Waals surface area contributed by atoms with E-state index in [-0.39, 0.29) is 0 Å². The number of pyridine rings is 1. The Labute approximate surface area is 95.7 Å². The molecule has 4 rings (SSSR count). The van der Waals surface area contributed by atoms with Crippen LogP contribution in [0.25, 0.3) is 0 Å². The molecule has 82 valence electrons. The van der Waals surface area contributed by atoms with E-state index >= 15 is 0 Å². The van der Waals surface area contributed by atoms with Crippen molar-refractivity contribution in [1.29, 1.82) is 5.26 Å². The summed E-state index contributed by atoms with van der Waals surface area (Å²) >= 11 is 0. The molecule has 0 spiro atoms. The van der Waals surface area contributed by atoms with Crippen molar-refractivity contribution in [3.63, 3.8) is 0 Å². The van der Waals surface area contributed by atoms with Crippen molar-refractivity contribution in [2.45, 2.75) is 31.7 Å². The van der Waals surface area contributed by atoms with E-state index in [4.69, 9.17) is 5.26 Å². The van der Waals surface area contributed by atoms with Crippen LogP contribution in [-0.2, 0) is 0 Å². The number of aromatic nitrogens is 1. The van der Waals surface area contributed by atoms with Gasteiger partial charge in [0.05, 0.1) is 5.56 Å². The second kappa shape index (κ2) is 2.76. The second-order valence-electron chi connectivity index (χ2n) is 5.64. The van der Waals surface area contributed by atoms with Crippen LogP contribution >= 0.6 is 0 Å². The molecule has 16 heavy (non-hydrogen) atoms. The predicted molar refractivity (Wildman–Crippen MR) is 62.0 cm³/mol. The van der Waals surface area contributed by atoms with Gasteiger partial charge >= 0.3 is 0 Å². The summed E-state index contributed by atoms with van der Waals surface area (Å²) in [6, 6.07) is 5.88. The molecule has 0 radical (unpaired) electrons. The zero-order chi connectivity index (χ0) is 11.4. The summed E-state index contributed by atoms with van der Waals surface area (Å²) in [5.41, 5.74) is 1.61. The molecule has 2 bridgehead atoms. The Morgan fingerprint density at radius 3 is 2.50 bits per heavy atom. The summed E-state index contributed by atoms with van der Waals surface area (Å²) in [6.07, 6.45) is 5.52. The average molecular weight is 213 g/mol. The Bertz CT molecular complexity index is 449. The lowest BCUT2D eigenvalue weighted by atomic mass is 9.40. The quantitative estimate of drug-likeness (QED) is 0.757. The smallest absolute Gasteiger partial charge is 0.128 e. The highest BCUT2D eigenvalue weighted by atomic mass is 15.3. The van der Waals surface area contributed by atoms with E-state index < -0.39 is 0 Å². The Morgan fingerprint density at radius 1 is 1.38 bits per heavy atom. The van der Waals surface area contributed by atoms with Gasteiger partial charge in [-0.05, 0) is 36.8 Å². The molecule has 0 aromatic carbocycles. The standard InChI is InChI=1S/C13H15N3/c1-12-7-13(8-12,9-12)16(2)11-4-3-10(5-14)6-15-11/h3-4,6H,7-9H2,1-2H3. The second-order valence-corrected chi connectivity index (χ2v) is 5.64. The number of hydrogen-bond acceptors (Lipinski definition) is 3. The third-order valence-corrected chi connectivity index (χ3v) is 4.20. The van der Waals surface area contributed by atoms with Crippen LogP contribution in [0, 0.1) is 16.7 Å². The topological polar surface area (TPSA) is 39.9 Å². The summed E-state index contributed by atoms with van der Waals surface area (Å²) < 4.78 is 0. The SMILES string of the molecule is CN(c1ccc(C#N)cn1)C12CC(C)(C1)C2. The van der Waals surface area contributed by atoms with Crippen LogP contribution in [0.15, 0.2) is 18.3 Å². The van der Waals surface area contributed by atoms with E-state index in [9.17, 15) is 0 Å². The van der Waals surface area contributed by atoms with Gasteiger partial charge in [0.25, 0.3) is 0 Å². The van der Waals surface area contributed by atoms with Gasteiger partial charge in [0, 0.05) is 18.8 Å². The van der Waals surface area contributed by atoms with Crippen LogP contribution < -0.4 is 4.90 Å². The minimum Gasteiger partial charge on any atom is -0.354 e. The number of rotatable bonds is 2. The zero-order valence-electron chi connectivity index (χ0n) is 9.70. The first-order valence-corrected chi connectivity index (χ1v) is 5.67. The molecule has 0 aliphatic heterocycles. The Kier molecular flexibility index (Phi) is 1.67. The Hall–Kier alpha value is -1.56. The molecule has 3 heteroatoms. The predicted octanol–water partition coefficient (Wildman–Crippen LogP) is 2.33. The van der Waals surface area contributed by atoms with Crippen LogP contribution in [0.5, 0.6) is 0 Å². The fourth-order valence-electron chi connectivity index (χ4n) is 3.48. The van der Waals surface area contributed by atoms with Crippen molar-refractivity contribution in [2.24, 2.45) is 5.41 Å². The summed E-state index contributed by atoms with van der Waals surface area (Å²) in [5.74, 6) is 0.987. The summed E-state index contributed by atoms with van der Waals surface area (Å²) in [5, 5.41) is 8.72. The lowest BCUT2D eigenvalue weighted by molar-refractivity contribution is -0.117. The first-order valence-electron chi connectivity index (χ1n) is 5.67. The first kappa shape index (κ1) is 9.65. The van der Waals surface area contributed by atoms with Gasteiger partial charge in [-0.25, -0.2) is 4.98 Å². The molecule has 0 N–H and O–H groups in total. The summed E-state index contributed by atoms with van der Waals surface area (Å²) in [6.45, 7) is 2.36. The molecule has 0 atom stereocenters. The molecule has 3 aliphatic carbocycles.